The molecule has 12 rings (SSSR count). The zero-order chi connectivity index (χ0) is 36.7. The quantitative estimate of drug-likeness (QED) is 0.169. The Labute approximate surface area is 324 Å². The molecule has 0 fully saturated rings. The van der Waals surface area contributed by atoms with Gasteiger partial charge in [-0.2, -0.15) is 0 Å². The van der Waals surface area contributed by atoms with Crippen LogP contribution in [0.1, 0.15) is 0 Å². The second kappa shape index (κ2) is 12.1. The summed E-state index contributed by atoms with van der Waals surface area (Å²) in [5.74, 6) is 2.54. The maximum atomic E-state index is 6.57. The van der Waals surface area contributed by atoms with E-state index in [9.17, 15) is 0 Å². The Hall–Kier alpha value is -7.28. The lowest BCUT2D eigenvalue weighted by Crippen LogP contribution is -2.00. The van der Waals surface area contributed by atoms with Crippen molar-refractivity contribution in [3.05, 3.63) is 170 Å². The third kappa shape index (κ3) is 4.79. The van der Waals surface area contributed by atoms with Gasteiger partial charge in [0.1, 0.15) is 5.52 Å². The molecule has 6 heteroatoms. The summed E-state index contributed by atoms with van der Waals surface area (Å²) in [6.45, 7) is 0. The van der Waals surface area contributed by atoms with Crippen LogP contribution in [0.3, 0.4) is 0 Å². The Morgan fingerprint density at radius 3 is 1.95 bits per heavy atom. The average Bonchev–Trinajstić information content (AvgIpc) is 3.88. The molecule has 0 atom stereocenters. The van der Waals surface area contributed by atoms with Gasteiger partial charge in [-0.25, -0.2) is 19.9 Å². The van der Waals surface area contributed by atoms with E-state index in [-0.39, 0.29) is 0 Å². The Bertz CT molecular complexity index is 3550. The molecule has 0 unspecified atom stereocenters. The minimum atomic E-state index is 0.617. The lowest BCUT2D eigenvalue weighted by atomic mass is 9.95. The standard InChI is InChI=1S/C50H28N4OS/c1-2-11-32(12-3-1)50-51-41-27-25-31-21-20-30-22-23-33-28-34(24-26-36(33)43(30)44(31)45(41)55-50)47-52-48(39-17-8-13-29-10-4-5-14-35(29)39)54-49(53-47)40-18-9-16-38-37-15-6-7-19-42(37)56-46(38)40/h1-28H. The van der Waals surface area contributed by atoms with Crippen LogP contribution < -0.4 is 0 Å². The second-order valence-corrected chi connectivity index (χ2v) is 15.2. The van der Waals surface area contributed by atoms with E-state index in [2.05, 4.69) is 133 Å². The summed E-state index contributed by atoms with van der Waals surface area (Å²) in [7, 11) is 0. The van der Waals surface area contributed by atoms with E-state index in [4.69, 9.17) is 24.4 Å². The number of aromatic nitrogens is 4. The van der Waals surface area contributed by atoms with E-state index in [0.29, 0.717) is 23.4 Å². The smallest absolute Gasteiger partial charge is 0.227 e. The minimum absolute atomic E-state index is 0.617. The molecule has 0 bridgehead atoms. The largest absolute Gasteiger partial charge is 0.435 e. The number of fused-ring (bicyclic) bond motifs is 11. The van der Waals surface area contributed by atoms with Crippen LogP contribution in [0.4, 0.5) is 0 Å². The Kier molecular flexibility index (Phi) is 6.73. The van der Waals surface area contributed by atoms with Crippen LogP contribution in [0, 0.1) is 0 Å². The van der Waals surface area contributed by atoms with Gasteiger partial charge in [0.25, 0.3) is 0 Å². The highest BCUT2D eigenvalue weighted by atomic mass is 32.1. The maximum Gasteiger partial charge on any atom is 0.227 e. The highest BCUT2D eigenvalue weighted by Crippen LogP contribution is 2.42. The van der Waals surface area contributed by atoms with Gasteiger partial charge >= 0.3 is 0 Å². The van der Waals surface area contributed by atoms with Crippen molar-refractivity contribution in [2.75, 3.05) is 0 Å². The number of hydrogen-bond acceptors (Lipinski definition) is 6. The predicted molar refractivity (Wildman–Crippen MR) is 232 cm³/mol. The normalized spacial score (nSPS) is 11.9. The van der Waals surface area contributed by atoms with E-state index >= 15 is 0 Å². The number of rotatable bonds is 4. The zero-order valence-electron chi connectivity index (χ0n) is 29.8. The first-order valence-corrected chi connectivity index (χ1v) is 19.4. The fourth-order valence-corrected chi connectivity index (χ4v) is 9.49. The van der Waals surface area contributed by atoms with Gasteiger partial charge in [-0.05, 0) is 68.7 Å². The molecule has 0 amide bonds. The van der Waals surface area contributed by atoms with Crippen molar-refractivity contribution in [2.24, 2.45) is 0 Å². The van der Waals surface area contributed by atoms with Crippen LogP contribution in [0.15, 0.2) is 174 Å². The van der Waals surface area contributed by atoms with Crippen LogP contribution in [0.5, 0.6) is 0 Å². The van der Waals surface area contributed by atoms with Crippen LogP contribution in [0.25, 0.3) is 120 Å². The van der Waals surface area contributed by atoms with Gasteiger partial charge in [0.05, 0.1) is 0 Å². The molecule has 12 aromatic rings. The summed E-state index contributed by atoms with van der Waals surface area (Å²) in [6.07, 6.45) is 0. The first-order chi connectivity index (χ1) is 27.7. The SMILES string of the molecule is c1ccc(-c2nc3ccc4ccc5ccc6cc(-c7nc(-c8cccc9ccccc89)nc(-c8cccc9c8sc8ccccc89)n7)ccc6c5c4c3o2)cc1. The predicted octanol–water partition coefficient (Wildman–Crippen LogP) is 13.7. The van der Waals surface area contributed by atoms with E-state index < -0.39 is 0 Å². The lowest BCUT2D eigenvalue weighted by molar-refractivity contribution is 0.623. The fourth-order valence-electron chi connectivity index (χ4n) is 8.28. The summed E-state index contributed by atoms with van der Waals surface area (Å²) in [5, 5.41) is 11.3. The zero-order valence-corrected chi connectivity index (χ0v) is 30.6. The van der Waals surface area contributed by atoms with Crippen molar-refractivity contribution in [3.63, 3.8) is 0 Å². The van der Waals surface area contributed by atoms with E-state index in [1.54, 1.807) is 11.3 Å². The monoisotopic (exact) mass is 732 g/mol. The van der Waals surface area contributed by atoms with Gasteiger partial charge in [-0.15, -0.1) is 11.3 Å². The van der Waals surface area contributed by atoms with Crippen molar-refractivity contribution in [3.8, 4) is 45.6 Å². The van der Waals surface area contributed by atoms with Crippen molar-refractivity contribution in [1.82, 2.24) is 19.9 Å². The topological polar surface area (TPSA) is 64.7 Å². The van der Waals surface area contributed by atoms with Crippen LogP contribution >= 0.6 is 11.3 Å². The Morgan fingerprint density at radius 2 is 1.05 bits per heavy atom. The van der Waals surface area contributed by atoms with Crippen molar-refractivity contribution in [1.29, 1.82) is 0 Å². The van der Waals surface area contributed by atoms with Gasteiger partial charge in [-0.3, -0.25) is 0 Å². The summed E-state index contributed by atoms with van der Waals surface area (Å²) in [4.78, 5) is 20.6. The number of oxazole rings is 1. The van der Waals surface area contributed by atoms with Gasteiger partial charge in [-0.1, -0.05) is 133 Å². The molecule has 0 radical (unpaired) electrons. The third-order valence-electron chi connectivity index (χ3n) is 10.9. The highest BCUT2D eigenvalue weighted by molar-refractivity contribution is 7.26. The summed E-state index contributed by atoms with van der Waals surface area (Å²) < 4.78 is 8.98. The Balaban J connectivity index is 1.09. The molecule has 3 heterocycles. The van der Waals surface area contributed by atoms with E-state index in [1.165, 1.54) is 20.2 Å². The van der Waals surface area contributed by atoms with Gasteiger partial charge in [0.15, 0.2) is 23.1 Å². The average molecular weight is 733 g/mol. The third-order valence-corrected chi connectivity index (χ3v) is 12.1. The molecular formula is C50H28N4OS. The number of benzene rings is 9. The molecule has 0 spiro atoms. The Morgan fingerprint density at radius 1 is 0.393 bits per heavy atom. The molecule has 0 aliphatic rings. The lowest BCUT2D eigenvalue weighted by Gasteiger charge is -2.12. The first kappa shape index (κ1) is 31.1. The van der Waals surface area contributed by atoms with Crippen LogP contribution in [0.2, 0.25) is 0 Å². The molecule has 56 heavy (non-hydrogen) atoms. The van der Waals surface area contributed by atoms with Gasteiger partial charge in [0.2, 0.25) is 5.89 Å². The minimum Gasteiger partial charge on any atom is -0.435 e. The van der Waals surface area contributed by atoms with Crippen molar-refractivity contribution >= 4 is 85.7 Å². The van der Waals surface area contributed by atoms with E-state index in [0.717, 1.165) is 76.4 Å². The van der Waals surface area contributed by atoms with Gasteiger partial charge in [0, 0.05) is 53.2 Å². The first-order valence-electron chi connectivity index (χ1n) is 18.6. The van der Waals surface area contributed by atoms with Crippen molar-refractivity contribution in [2.45, 2.75) is 0 Å². The molecule has 5 nitrogen and oxygen atoms in total. The van der Waals surface area contributed by atoms with E-state index in [1.807, 2.05) is 36.4 Å². The molecule has 0 aliphatic carbocycles. The molecule has 260 valence electrons. The molecule has 9 aromatic carbocycles. The van der Waals surface area contributed by atoms with Crippen LogP contribution in [-0.4, -0.2) is 19.9 Å². The molecular weight excluding hydrogens is 705 g/mol. The van der Waals surface area contributed by atoms with Crippen molar-refractivity contribution < 1.29 is 4.42 Å². The maximum absolute atomic E-state index is 6.57. The van der Waals surface area contributed by atoms with Gasteiger partial charge < -0.3 is 4.42 Å². The molecule has 0 saturated heterocycles. The number of hydrogen-bond donors (Lipinski definition) is 0. The fraction of sp³-hybridized carbons (Fsp3) is 0. The summed E-state index contributed by atoms with van der Waals surface area (Å²) >= 11 is 1.78. The molecule has 0 N–H and O–H groups in total. The molecule has 0 aliphatic heterocycles. The molecule has 3 aromatic heterocycles. The second-order valence-electron chi connectivity index (χ2n) is 14.2. The number of nitrogens with zero attached hydrogens (tertiary/aromatic N) is 4. The number of thiophene rings is 1. The molecule has 0 saturated carbocycles. The summed E-state index contributed by atoms with van der Waals surface area (Å²) in [5.41, 5.74) is 5.47. The summed E-state index contributed by atoms with van der Waals surface area (Å²) in [6, 6.07) is 59.3. The van der Waals surface area contributed by atoms with Crippen LogP contribution in [-0.2, 0) is 0 Å². The highest BCUT2D eigenvalue weighted by Gasteiger charge is 2.19.